The van der Waals surface area contributed by atoms with E-state index < -0.39 is 0 Å². The van der Waals surface area contributed by atoms with Crippen LogP contribution in [0.5, 0.6) is 0 Å². The summed E-state index contributed by atoms with van der Waals surface area (Å²) in [6.45, 7) is 2.01. The van der Waals surface area contributed by atoms with Gasteiger partial charge in [-0.2, -0.15) is 29.4 Å². The second kappa shape index (κ2) is 12.4. The zero-order valence-corrected chi connectivity index (χ0v) is 29.0. The summed E-state index contributed by atoms with van der Waals surface area (Å²) in [7, 11) is 4.04. The molecule has 1 aliphatic rings. The zero-order chi connectivity index (χ0) is 30.8. The molecule has 0 amide bonds. The molecule has 0 saturated heterocycles. The van der Waals surface area contributed by atoms with E-state index >= 15 is 0 Å². The van der Waals surface area contributed by atoms with E-state index in [0.717, 1.165) is 77.9 Å². The van der Waals surface area contributed by atoms with E-state index in [1.54, 1.807) is 6.20 Å². The molecule has 239 valence electrons. The van der Waals surface area contributed by atoms with Gasteiger partial charge in [-0.15, -0.1) is 0 Å². The summed E-state index contributed by atoms with van der Waals surface area (Å²) in [6.07, 6.45) is 5.66. The van der Waals surface area contributed by atoms with Crippen molar-refractivity contribution in [2.75, 3.05) is 16.8 Å². The Morgan fingerprint density at radius 1 is 0.708 bits per heavy atom. The molecule has 1 radical (unpaired) electrons. The van der Waals surface area contributed by atoms with Gasteiger partial charge in [-0.3, -0.25) is 0 Å². The molecule has 0 bridgehead atoms. The minimum atomic E-state index is 0. The minimum Gasteiger partial charge on any atom is -1.00 e. The number of para-hydroxylation sites is 3. The van der Waals surface area contributed by atoms with Crippen LogP contribution in [0.2, 0.25) is 0 Å². The van der Waals surface area contributed by atoms with Crippen LogP contribution in [-0.2, 0) is 27.2 Å². The van der Waals surface area contributed by atoms with Crippen LogP contribution in [0, 0.1) is 12.7 Å². The third kappa shape index (κ3) is 4.90. The molecule has 0 atom stereocenters. The summed E-state index contributed by atoms with van der Waals surface area (Å²) in [5, 5.41) is 4.47. The molecule has 10 rings (SSSR count). The third-order valence-electron chi connectivity index (χ3n) is 8.53. The monoisotopic (exact) mass is 827 g/mol. The van der Waals surface area contributed by atoms with E-state index in [1.807, 2.05) is 98.9 Å². The number of rotatable bonds is 2. The molecule has 8 nitrogen and oxygen atoms in total. The number of nitrogens with zero attached hydrogens (tertiary/aromatic N) is 6. The number of anilines is 3. The second-order valence-corrected chi connectivity index (χ2v) is 11.3. The zero-order valence-electron chi connectivity index (χ0n) is 25.8. The van der Waals surface area contributed by atoms with Gasteiger partial charge >= 0.3 is 0 Å². The SMILES string of the molecule is CN1[CH-]N(c2[c-]ccc3c2oc2ccccc23)c2ncccc21.C[n+]1cn(-c2cccc3c2oc2ccccc23)c2ncccc21.[Cl-].[Ir]. The van der Waals surface area contributed by atoms with Gasteiger partial charge < -0.3 is 31.0 Å². The number of fused-ring (bicyclic) bond motifs is 8. The smallest absolute Gasteiger partial charge is 0.273 e. The molecule has 0 saturated carbocycles. The van der Waals surface area contributed by atoms with Crippen LogP contribution in [0.1, 0.15) is 0 Å². The van der Waals surface area contributed by atoms with Gasteiger partial charge in [0.05, 0.1) is 7.05 Å². The van der Waals surface area contributed by atoms with Gasteiger partial charge in [0, 0.05) is 59.9 Å². The van der Waals surface area contributed by atoms with Gasteiger partial charge in [0.1, 0.15) is 17.0 Å². The van der Waals surface area contributed by atoms with Crippen LogP contribution in [-0.4, -0.2) is 21.6 Å². The Labute approximate surface area is 295 Å². The summed E-state index contributed by atoms with van der Waals surface area (Å²) >= 11 is 0. The van der Waals surface area contributed by atoms with E-state index in [4.69, 9.17) is 8.83 Å². The van der Waals surface area contributed by atoms with Crippen LogP contribution in [0.4, 0.5) is 17.2 Å². The van der Waals surface area contributed by atoms with E-state index in [2.05, 4.69) is 72.5 Å². The average Bonchev–Trinajstić information content (AvgIpc) is 3.86. The van der Waals surface area contributed by atoms with Crippen molar-refractivity contribution in [2.24, 2.45) is 7.05 Å². The van der Waals surface area contributed by atoms with Gasteiger partial charge in [-0.25, -0.2) is 14.5 Å². The van der Waals surface area contributed by atoms with Gasteiger partial charge in [-0.1, -0.05) is 59.6 Å². The average molecular weight is 827 g/mol. The largest absolute Gasteiger partial charge is 1.00 e. The van der Waals surface area contributed by atoms with Crippen LogP contribution in [0.25, 0.3) is 60.7 Å². The predicted molar refractivity (Wildman–Crippen MR) is 181 cm³/mol. The maximum absolute atomic E-state index is 6.14. The fourth-order valence-electron chi connectivity index (χ4n) is 6.40. The molecule has 0 aliphatic carbocycles. The van der Waals surface area contributed by atoms with Gasteiger partial charge in [0.25, 0.3) is 12.0 Å². The number of halogens is 1. The fourth-order valence-corrected chi connectivity index (χ4v) is 6.40. The Morgan fingerprint density at radius 3 is 2.15 bits per heavy atom. The molecule has 6 heterocycles. The van der Waals surface area contributed by atoms with E-state index in [-0.39, 0.29) is 32.5 Å². The molecule has 0 fully saturated rings. The number of furan rings is 2. The summed E-state index contributed by atoms with van der Waals surface area (Å²) in [5.41, 5.74) is 8.46. The molecule has 0 spiro atoms. The van der Waals surface area contributed by atoms with Crippen molar-refractivity contribution < 1.29 is 45.9 Å². The molecular formula is C38H27ClIrN6O2-2. The Morgan fingerprint density at radius 2 is 1.35 bits per heavy atom. The number of aromatic nitrogens is 4. The van der Waals surface area contributed by atoms with Crippen molar-refractivity contribution in [1.82, 2.24) is 14.5 Å². The third-order valence-corrected chi connectivity index (χ3v) is 8.53. The van der Waals surface area contributed by atoms with Crippen LogP contribution in [0.15, 0.2) is 131 Å². The standard InChI is InChI=1S/C19H14N3O.C19H13N3O.ClH.Ir/c2*1-21-12-22(19-16(21)9-5-11-20-19)15-8-4-7-14-13-6-2-3-10-17(13)23-18(14)15;;/h2-12H,1H3;2-7,9-12H,1H3;1H;/q+1;-2;;/p-1. The maximum atomic E-state index is 6.14. The quantitative estimate of drug-likeness (QED) is 0.176. The number of hydrogen-bond donors (Lipinski definition) is 0. The Kier molecular flexibility index (Phi) is 8.13. The van der Waals surface area contributed by atoms with Crippen molar-refractivity contribution in [3.63, 3.8) is 0 Å². The summed E-state index contributed by atoms with van der Waals surface area (Å²) in [6, 6.07) is 37.8. The first-order valence-corrected chi connectivity index (χ1v) is 15.0. The molecular weight excluding hydrogens is 800 g/mol. The molecule has 4 aromatic carbocycles. The minimum absolute atomic E-state index is 0. The Balaban J connectivity index is 0.000000146. The topological polar surface area (TPSA) is 67.4 Å². The first-order valence-electron chi connectivity index (χ1n) is 15.0. The number of imidazole rings is 1. The van der Waals surface area contributed by atoms with Crippen molar-refractivity contribution in [2.45, 2.75) is 0 Å². The number of hydrogen-bond acceptors (Lipinski definition) is 6. The maximum Gasteiger partial charge on any atom is 0.273 e. The first kappa shape index (κ1) is 31.4. The Hall–Kier alpha value is -5.21. The van der Waals surface area contributed by atoms with Gasteiger partial charge in [0.2, 0.25) is 0 Å². The summed E-state index contributed by atoms with van der Waals surface area (Å²) in [4.78, 5) is 13.1. The normalized spacial score (nSPS) is 12.3. The van der Waals surface area contributed by atoms with Crippen LogP contribution >= 0.6 is 0 Å². The van der Waals surface area contributed by atoms with E-state index in [9.17, 15) is 0 Å². The Bertz CT molecular complexity index is 2590. The first-order chi connectivity index (χ1) is 22.7. The van der Waals surface area contributed by atoms with Crippen molar-refractivity contribution in [3.8, 4) is 5.69 Å². The second-order valence-electron chi connectivity index (χ2n) is 11.3. The van der Waals surface area contributed by atoms with Crippen molar-refractivity contribution in [3.05, 3.63) is 135 Å². The number of pyridine rings is 2. The van der Waals surface area contributed by atoms with Crippen molar-refractivity contribution >= 4 is 72.2 Å². The molecule has 10 heteroatoms. The van der Waals surface area contributed by atoms with E-state index in [1.165, 1.54) is 0 Å². The fraction of sp³-hybridized carbons (Fsp3) is 0.0526. The molecule has 48 heavy (non-hydrogen) atoms. The van der Waals surface area contributed by atoms with Gasteiger partial charge in [0.15, 0.2) is 16.8 Å². The molecule has 1 aliphatic heterocycles. The summed E-state index contributed by atoms with van der Waals surface area (Å²) in [5.74, 6) is 0.888. The van der Waals surface area contributed by atoms with E-state index in [0.29, 0.717) is 0 Å². The van der Waals surface area contributed by atoms with Crippen LogP contribution < -0.4 is 26.8 Å². The number of benzene rings is 4. The molecule has 0 N–H and O–H groups in total. The van der Waals surface area contributed by atoms with Gasteiger partial charge in [-0.05, 0) is 49.5 Å². The predicted octanol–water partition coefficient (Wildman–Crippen LogP) is 5.24. The molecule has 0 unspecified atom stereocenters. The number of aryl methyl sites for hydroxylation is 1. The van der Waals surface area contributed by atoms with Crippen molar-refractivity contribution in [1.29, 1.82) is 0 Å². The molecule has 5 aromatic heterocycles. The summed E-state index contributed by atoms with van der Waals surface area (Å²) < 4.78 is 16.4. The van der Waals surface area contributed by atoms with Crippen LogP contribution in [0.3, 0.4) is 0 Å². The molecule has 9 aromatic rings.